The molecule has 1 aliphatic carbocycles. The van der Waals surface area contributed by atoms with Gasteiger partial charge < -0.3 is 15.2 Å². The maximum Gasteiger partial charge on any atom is 0.319 e. The number of carbonyl (C=O) groups is 1. The van der Waals surface area contributed by atoms with Crippen LogP contribution >= 0.6 is 11.5 Å². The maximum absolute atomic E-state index is 11.9. The Morgan fingerprint density at radius 1 is 1.40 bits per heavy atom. The summed E-state index contributed by atoms with van der Waals surface area (Å²) in [5.74, 6) is 1.19. The molecule has 1 fully saturated rings. The molecule has 0 atom stereocenters. The van der Waals surface area contributed by atoms with Gasteiger partial charge in [-0.15, -0.1) is 5.10 Å². The third-order valence-corrected chi connectivity index (χ3v) is 4.05. The fourth-order valence-electron chi connectivity index (χ4n) is 1.89. The van der Waals surface area contributed by atoms with Crippen LogP contribution in [-0.4, -0.2) is 20.8 Å². The number of nitrogens with zero attached hydrogens (tertiary/aromatic N) is 3. The molecule has 7 nitrogen and oxygen atoms in total. The standard InChI is InChI=1S/C12H15N5O2S/c1-6-9(20-17-15-6)5-13-12(18)14-10-7(2)16-19-11(10)8-3-4-8/h8H,3-5H2,1-2H3,(H2,13,14,18). The van der Waals surface area contributed by atoms with Gasteiger partial charge in [0.1, 0.15) is 11.4 Å². The van der Waals surface area contributed by atoms with E-state index in [1.165, 1.54) is 11.5 Å². The zero-order valence-electron chi connectivity index (χ0n) is 11.3. The van der Waals surface area contributed by atoms with E-state index in [1.54, 1.807) is 0 Å². The van der Waals surface area contributed by atoms with Gasteiger partial charge >= 0.3 is 6.03 Å². The van der Waals surface area contributed by atoms with Crippen LogP contribution in [0.15, 0.2) is 4.52 Å². The number of carbonyl (C=O) groups excluding carboxylic acids is 1. The van der Waals surface area contributed by atoms with Gasteiger partial charge in [0.2, 0.25) is 0 Å². The van der Waals surface area contributed by atoms with Crippen molar-refractivity contribution in [3.8, 4) is 0 Å². The smallest absolute Gasteiger partial charge is 0.319 e. The van der Waals surface area contributed by atoms with Crippen molar-refractivity contribution in [1.29, 1.82) is 0 Å². The van der Waals surface area contributed by atoms with Crippen molar-refractivity contribution in [2.24, 2.45) is 0 Å². The van der Waals surface area contributed by atoms with Gasteiger partial charge in [0.15, 0.2) is 5.76 Å². The predicted octanol–water partition coefficient (Wildman–Crippen LogP) is 2.34. The Kier molecular flexibility index (Phi) is 3.39. The highest BCUT2D eigenvalue weighted by molar-refractivity contribution is 7.05. The zero-order chi connectivity index (χ0) is 14.1. The molecule has 0 bridgehead atoms. The molecule has 0 aliphatic heterocycles. The average Bonchev–Trinajstić information content (AvgIpc) is 3.09. The molecule has 2 aromatic rings. The van der Waals surface area contributed by atoms with E-state index in [0.717, 1.165) is 29.2 Å². The number of aromatic nitrogens is 3. The van der Waals surface area contributed by atoms with Crippen molar-refractivity contribution in [3.05, 3.63) is 22.0 Å². The first kappa shape index (κ1) is 13.0. The van der Waals surface area contributed by atoms with E-state index < -0.39 is 0 Å². The second-order valence-electron chi connectivity index (χ2n) is 4.87. The summed E-state index contributed by atoms with van der Waals surface area (Å²) in [5, 5.41) is 13.4. The first-order chi connectivity index (χ1) is 9.65. The minimum atomic E-state index is -0.272. The number of hydrogen-bond donors (Lipinski definition) is 2. The van der Waals surface area contributed by atoms with Gasteiger partial charge in [0.05, 0.1) is 17.1 Å². The number of amides is 2. The van der Waals surface area contributed by atoms with Gasteiger partial charge in [-0.2, -0.15) is 0 Å². The van der Waals surface area contributed by atoms with Crippen LogP contribution in [0.4, 0.5) is 10.5 Å². The molecule has 2 N–H and O–H groups in total. The van der Waals surface area contributed by atoms with Crippen LogP contribution in [0.5, 0.6) is 0 Å². The third-order valence-electron chi connectivity index (χ3n) is 3.23. The van der Waals surface area contributed by atoms with E-state index in [4.69, 9.17) is 4.52 Å². The summed E-state index contributed by atoms with van der Waals surface area (Å²) in [6.45, 7) is 4.11. The Labute approximate surface area is 119 Å². The Hall–Kier alpha value is -1.96. The quantitative estimate of drug-likeness (QED) is 0.902. The molecule has 0 saturated heterocycles. The fraction of sp³-hybridized carbons (Fsp3) is 0.500. The lowest BCUT2D eigenvalue weighted by molar-refractivity contribution is 0.251. The van der Waals surface area contributed by atoms with E-state index in [2.05, 4.69) is 25.4 Å². The largest absolute Gasteiger partial charge is 0.359 e. The van der Waals surface area contributed by atoms with Gasteiger partial charge in [-0.25, -0.2) is 4.79 Å². The average molecular weight is 293 g/mol. The Morgan fingerprint density at radius 2 is 2.20 bits per heavy atom. The summed E-state index contributed by atoms with van der Waals surface area (Å²) in [4.78, 5) is 12.9. The molecule has 8 heteroatoms. The maximum atomic E-state index is 11.9. The van der Waals surface area contributed by atoms with Gasteiger partial charge in [-0.3, -0.25) is 0 Å². The molecule has 0 unspecified atom stereocenters. The molecule has 0 spiro atoms. The van der Waals surface area contributed by atoms with Crippen LogP contribution in [0.25, 0.3) is 0 Å². The van der Waals surface area contributed by atoms with Gasteiger partial charge in [0.25, 0.3) is 0 Å². The SMILES string of the molecule is Cc1nnsc1CNC(=O)Nc1c(C)noc1C1CC1. The molecule has 1 saturated carbocycles. The van der Waals surface area contributed by atoms with Crippen molar-refractivity contribution in [1.82, 2.24) is 20.1 Å². The molecular weight excluding hydrogens is 278 g/mol. The Balaban J connectivity index is 1.61. The lowest BCUT2D eigenvalue weighted by Gasteiger charge is -2.06. The highest BCUT2D eigenvalue weighted by Gasteiger charge is 2.32. The molecule has 2 aromatic heterocycles. The highest BCUT2D eigenvalue weighted by atomic mass is 32.1. The highest BCUT2D eigenvalue weighted by Crippen LogP contribution is 2.44. The van der Waals surface area contributed by atoms with Crippen molar-refractivity contribution in [3.63, 3.8) is 0 Å². The number of urea groups is 1. The first-order valence-electron chi connectivity index (χ1n) is 6.44. The number of rotatable bonds is 4. The molecule has 106 valence electrons. The lowest BCUT2D eigenvalue weighted by atomic mass is 10.2. The van der Waals surface area contributed by atoms with Crippen LogP contribution < -0.4 is 10.6 Å². The van der Waals surface area contributed by atoms with Crippen molar-refractivity contribution >= 4 is 23.3 Å². The number of aryl methyl sites for hydroxylation is 2. The minimum absolute atomic E-state index is 0.272. The van der Waals surface area contributed by atoms with Gasteiger partial charge in [0, 0.05) is 5.92 Å². The normalized spacial score (nSPS) is 14.3. The molecule has 0 radical (unpaired) electrons. The Morgan fingerprint density at radius 3 is 2.85 bits per heavy atom. The first-order valence-corrected chi connectivity index (χ1v) is 7.21. The summed E-state index contributed by atoms with van der Waals surface area (Å²) in [7, 11) is 0. The molecule has 3 rings (SSSR count). The summed E-state index contributed by atoms with van der Waals surface area (Å²) < 4.78 is 9.11. The van der Waals surface area contributed by atoms with Crippen molar-refractivity contribution < 1.29 is 9.32 Å². The molecule has 2 amide bonds. The van der Waals surface area contributed by atoms with E-state index >= 15 is 0 Å². The van der Waals surface area contributed by atoms with Crippen LogP contribution in [0.3, 0.4) is 0 Å². The van der Waals surface area contributed by atoms with Crippen LogP contribution in [0.1, 0.15) is 40.8 Å². The second-order valence-corrected chi connectivity index (χ2v) is 5.71. The second kappa shape index (κ2) is 5.20. The van der Waals surface area contributed by atoms with Crippen LogP contribution in [-0.2, 0) is 6.54 Å². The predicted molar refractivity (Wildman–Crippen MR) is 73.7 cm³/mol. The summed E-state index contributed by atoms with van der Waals surface area (Å²) in [5.41, 5.74) is 2.25. The molecule has 20 heavy (non-hydrogen) atoms. The molecular formula is C12H15N5O2S. The fourth-order valence-corrected chi connectivity index (χ4v) is 2.47. The van der Waals surface area contributed by atoms with Crippen LogP contribution in [0, 0.1) is 13.8 Å². The summed E-state index contributed by atoms with van der Waals surface area (Å²) in [6, 6.07) is -0.272. The zero-order valence-corrected chi connectivity index (χ0v) is 12.1. The molecule has 0 aromatic carbocycles. The minimum Gasteiger partial charge on any atom is -0.359 e. The van der Waals surface area contributed by atoms with E-state index in [1.807, 2.05) is 13.8 Å². The summed E-state index contributed by atoms with van der Waals surface area (Å²) >= 11 is 1.29. The van der Waals surface area contributed by atoms with E-state index in [9.17, 15) is 4.79 Å². The number of hydrogen-bond acceptors (Lipinski definition) is 6. The van der Waals surface area contributed by atoms with Crippen LogP contribution in [0.2, 0.25) is 0 Å². The van der Waals surface area contributed by atoms with E-state index in [0.29, 0.717) is 23.8 Å². The van der Waals surface area contributed by atoms with Gasteiger partial charge in [-0.05, 0) is 38.2 Å². The lowest BCUT2D eigenvalue weighted by Crippen LogP contribution is -2.28. The monoisotopic (exact) mass is 293 g/mol. The Bertz CT molecular complexity index is 632. The number of nitrogens with one attached hydrogen (secondary N) is 2. The number of anilines is 1. The van der Waals surface area contributed by atoms with Gasteiger partial charge in [-0.1, -0.05) is 9.64 Å². The topological polar surface area (TPSA) is 92.9 Å². The van der Waals surface area contributed by atoms with Crippen molar-refractivity contribution in [2.75, 3.05) is 5.32 Å². The molecule has 2 heterocycles. The molecule has 1 aliphatic rings. The van der Waals surface area contributed by atoms with E-state index in [-0.39, 0.29) is 6.03 Å². The summed E-state index contributed by atoms with van der Waals surface area (Å²) in [6.07, 6.45) is 2.19. The van der Waals surface area contributed by atoms with Crippen molar-refractivity contribution in [2.45, 2.75) is 39.2 Å². The third kappa shape index (κ3) is 2.64.